The Hall–Kier alpha value is -0.980. The summed E-state index contributed by atoms with van der Waals surface area (Å²) in [5, 5.41) is 4.89. The lowest BCUT2D eigenvalue weighted by atomic mass is 10.3. The number of primary sulfonamides is 1. The van der Waals surface area contributed by atoms with E-state index in [1.807, 2.05) is 0 Å². The van der Waals surface area contributed by atoms with Gasteiger partial charge in [-0.05, 0) is 18.2 Å². The monoisotopic (exact) mass is 238 g/mol. The number of anilines is 1. The van der Waals surface area contributed by atoms with Crippen LogP contribution >= 0.6 is 12.4 Å². The summed E-state index contributed by atoms with van der Waals surface area (Å²) in [7, 11) is -2.24. The first-order chi connectivity index (χ1) is 5.95. The number of halogens is 1. The zero-order chi connectivity index (χ0) is 10.1. The predicted molar refractivity (Wildman–Crippen MR) is 56.0 cm³/mol. The highest BCUT2D eigenvalue weighted by atomic mass is 35.5. The second kappa shape index (κ2) is 4.50. The van der Waals surface area contributed by atoms with E-state index in [4.69, 9.17) is 15.6 Å². The van der Waals surface area contributed by atoms with Gasteiger partial charge in [0.2, 0.25) is 10.0 Å². The number of nitrogen functional groups attached to an aromatic ring is 1. The second-order valence-corrected chi connectivity index (χ2v) is 4.01. The summed E-state index contributed by atoms with van der Waals surface area (Å²) in [6, 6.07) is 4.05. The van der Waals surface area contributed by atoms with E-state index in [1.54, 1.807) is 0 Å². The van der Waals surface area contributed by atoms with E-state index in [9.17, 15) is 8.42 Å². The van der Waals surface area contributed by atoms with Gasteiger partial charge in [-0.1, -0.05) is 0 Å². The summed E-state index contributed by atoms with van der Waals surface area (Å²) in [6.45, 7) is 0. The number of nitrogens with two attached hydrogens (primary N) is 2. The van der Waals surface area contributed by atoms with E-state index >= 15 is 0 Å². The number of hydrogen-bond donors (Lipinski definition) is 2. The third-order valence-electron chi connectivity index (χ3n) is 1.53. The average molecular weight is 239 g/mol. The van der Waals surface area contributed by atoms with Crippen LogP contribution in [0.3, 0.4) is 0 Å². The minimum Gasteiger partial charge on any atom is -0.495 e. The highest BCUT2D eigenvalue weighted by Gasteiger charge is 2.09. The van der Waals surface area contributed by atoms with Crippen LogP contribution in [-0.4, -0.2) is 15.5 Å². The topological polar surface area (TPSA) is 95.4 Å². The second-order valence-electron chi connectivity index (χ2n) is 2.45. The van der Waals surface area contributed by atoms with Gasteiger partial charge in [-0.15, -0.1) is 12.4 Å². The van der Waals surface area contributed by atoms with E-state index in [-0.39, 0.29) is 23.0 Å². The summed E-state index contributed by atoms with van der Waals surface area (Å²) >= 11 is 0. The van der Waals surface area contributed by atoms with Crippen LogP contribution < -0.4 is 15.6 Å². The standard InChI is InChI=1S/C7H10N2O3S.ClH/c1-12-7-3-2-5(4-6(7)8)13(9,10)11;/h2-4H,8H2,1H3,(H2,9,10,11);1H. The Morgan fingerprint density at radius 1 is 1.36 bits per heavy atom. The Morgan fingerprint density at radius 2 is 1.93 bits per heavy atom. The van der Waals surface area contributed by atoms with Crippen molar-refractivity contribution in [2.75, 3.05) is 12.8 Å². The van der Waals surface area contributed by atoms with Crippen LogP contribution in [0.25, 0.3) is 0 Å². The predicted octanol–water partition coefficient (Wildman–Crippen LogP) is 0.347. The molecule has 0 atom stereocenters. The summed E-state index contributed by atoms with van der Waals surface area (Å²) in [4.78, 5) is -0.0224. The zero-order valence-electron chi connectivity index (χ0n) is 7.43. The van der Waals surface area contributed by atoms with Gasteiger partial charge in [-0.25, -0.2) is 13.6 Å². The zero-order valence-corrected chi connectivity index (χ0v) is 9.06. The van der Waals surface area contributed by atoms with Crippen LogP contribution in [0.1, 0.15) is 0 Å². The Kier molecular flexibility index (Phi) is 4.18. The first kappa shape index (κ1) is 13.0. The molecule has 0 amide bonds. The molecule has 0 aliphatic heterocycles. The number of benzene rings is 1. The van der Waals surface area contributed by atoms with Gasteiger partial charge in [-0.2, -0.15) is 0 Å². The molecule has 4 N–H and O–H groups in total. The Bertz CT molecular complexity index is 419. The Morgan fingerprint density at radius 3 is 2.29 bits per heavy atom. The molecule has 0 heterocycles. The minimum atomic E-state index is -3.69. The molecule has 0 aromatic heterocycles. The van der Waals surface area contributed by atoms with Gasteiger partial charge in [0.1, 0.15) is 5.75 Å². The van der Waals surface area contributed by atoms with Crippen molar-refractivity contribution < 1.29 is 13.2 Å². The van der Waals surface area contributed by atoms with Crippen LogP contribution in [-0.2, 0) is 10.0 Å². The third kappa shape index (κ3) is 2.76. The number of sulfonamides is 1. The van der Waals surface area contributed by atoms with Crippen molar-refractivity contribution in [3.63, 3.8) is 0 Å². The molecule has 0 unspecified atom stereocenters. The van der Waals surface area contributed by atoms with Gasteiger partial charge in [0.05, 0.1) is 17.7 Å². The van der Waals surface area contributed by atoms with Gasteiger partial charge in [-0.3, -0.25) is 0 Å². The summed E-state index contributed by atoms with van der Waals surface area (Å²) in [5.74, 6) is 0.424. The highest BCUT2D eigenvalue weighted by molar-refractivity contribution is 7.89. The fourth-order valence-electron chi connectivity index (χ4n) is 0.889. The van der Waals surface area contributed by atoms with Gasteiger partial charge in [0.15, 0.2) is 0 Å². The maximum Gasteiger partial charge on any atom is 0.238 e. The maximum absolute atomic E-state index is 10.9. The molecule has 0 saturated heterocycles. The van der Waals surface area contributed by atoms with Gasteiger partial charge in [0, 0.05) is 0 Å². The molecule has 0 saturated carbocycles. The summed E-state index contributed by atoms with van der Waals surface area (Å²) in [5.41, 5.74) is 5.73. The van der Waals surface area contributed by atoms with Crippen molar-refractivity contribution in [2.24, 2.45) is 5.14 Å². The van der Waals surface area contributed by atoms with E-state index in [0.29, 0.717) is 5.75 Å². The molecule has 7 heteroatoms. The van der Waals surface area contributed by atoms with E-state index in [2.05, 4.69) is 0 Å². The maximum atomic E-state index is 10.9. The smallest absolute Gasteiger partial charge is 0.238 e. The fraction of sp³-hybridized carbons (Fsp3) is 0.143. The third-order valence-corrected chi connectivity index (χ3v) is 2.44. The number of hydrogen-bond acceptors (Lipinski definition) is 4. The van der Waals surface area contributed by atoms with Crippen LogP contribution in [0.4, 0.5) is 5.69 Å². The number of methoxy groups -OCH3 is 1. The molecule has 1 aromatic rings. The normalized spacial score (nSPS) is 10.4. The molecule has 0 fully saturated rings. The van der Waals surface area contributed by atoms with Crippen LogP contribution in [0.15, 0.2) is 23.1 Å². The molecule has 80 valence electrons. The van der Waals surface area contributed by atoms with Crippen molar-refractivity contribution in [1.29, 1.82) is 0 Å². The van der Waals surface area contributed by atoms with E-state index in [1.165, 1.54) is 25.3 Å². The molecular formula is C7H11ClN2O3S. The van der Waals surface area contributed by atoms with Crippen LogP contribution in [0.2, 0.25) is 0 Å². The lowest BCUT2D eigenvalue weighted by Gasteiger charge is -2.05. The quantitative estimate of drug-likeness (QED) is 0.727. The van der Waals surface area contributed by atoms with Gasteiger partial charge >= 0.3 is 0 Å². The molecule has 0 spiro atoms. The largest absolute Gasteiger partial charge is 0.495 e. The lowest BCUT2D eigenvalue weighted by molar-refractivity contribution is 0.416. The van der Waals surface area contributed by atoms with Gasteiger partial charge < -0.3 is 10.5 Å². The Labute approximate surface area is 88.5 Å². The van der Waals surface area contributed by atoms with Crippen molar-refractivity contribution in [3.8, 4) is 5.75 Å². The average Bonchev–Trinajstić information content (AvgIpc) is 2.02. The van der Waals surface area contributed by atoms with E-state index in [0.717, 1.165) is 0 Å². The highest BCUT2D eigenvalue weighted by Crippen LogP contribution is 2.23. The molecular weight excluding hydrogens is 228 g/mol. The van der Waals surface area contributed by atoms with Crippen molar-refractivity contribution in [3.05, 3.63) is 18.2 Å². The molecule has 0 aliphatic carbocycles. The summed E-state index contributed by atoms with van der Waals surface area (Å²) in [6.07, 6.45) is 0. The molecule has 1 rings (SSSR count). The molecule has 5 nitrogen and oxygen atoms in total. The molecule has 0 bridgehead atoms. The first-order valence-electron chi connectivity index (χ1n) is 3.41. The van der Waals surface area contributed by atoms with Gasteiger partial charge in [0.25, 0.3) is 0 Å². The SMILES string of the molecule is COc1ccc(S(N)(=O)=O)cc1N.Cl. The molecule has 0 radical (unpaired) electrons. The fourth-order valence-corrected chi connectivity index (χ4v) is 1.44. The molecule has 1 aromatic carbocycles. The minimum absolute atomic E-state index is 0. The summed E-state index contributed by atoms with van der Waals surface area (Å²) < 4.78 is 26.6. The number of ether oxygens (including phenoxy) is 1. The lowest BCUT2D eigenvalue weighted by Crippen LogP contribution is -2.12. The van der Waals surface area contributed by atoms with Crippen LogP contribution in [0, 0.1) is 0 Å². The first-order valence-corrected chi connectivity index (χ1v) is 4.96. The van der Waals surface area contributed by atoms with Crippen molar-refractivity contribution in [2.45, 2.75) is 4.90 Å². The van der Waals surface area contributed by atoms with E-state index < -0.39 is 10.0 Å². The molecule has 0 aliphatic rings. The Balaban J connectivity index is 0.00000169. The van der Waals surface area contributed by atoms with Crippen molar-refractivity contribution in [1.82, 2.24) is 0 Å². The van der Waals surface area contributed by atoms with Crippen molar-refractivity contribution >= 4 is 28.1 Å². The van der Waals surface area contributed by atoms with Crippen LogP contribution in [0.5, 0.6) is 5.75 Å². The number of rotatable bonds is 2. The molecule has 14 heavy (non-hydrogen) atoms.